The molecule has 0 saturated heterocycles. The summed E-state index contributed by atoms with van der Waals surface area (Å²) in [5.41, 5.74) is 4.64. The van der Waals surface area contributed by atoms with Gasteiger partial charge in [-0.1, -0.05) is 30.3 Å². The van der Waals surface area contributed by atoms with Crippen LogP contribution in [0.4, 0.5) is 11.8 Å². The number of hydrogen-bond donors (Lipinski definition) is 3. The molecule has 1 aromatic heterocycles. The summed E-state index contributed by atoms with van der Waals surface area (Å²) < 4.78 is 0. The molecule has 0 aliphatic heterocycles. The molecule has 21 heavy (non-hydrogen) atoms. The third kappa shape index (κ3) is 4.72. The summed E-state index contributed by atoms with van der Waals surface area (Å²) in [6, 6.07) is 12.4. The first-order chi connectivity index (χ1) is 9.98. The second-order valence-corrected chi connectivity index (χ2v) is 5.86. The fourth-order valence-corrected chi connectivity index (χ4v) is 2.21. The Balaban J connectivity index is 2.01. The van der Waals surface area contributed by atoms with Gasteiger partial charge in [-0.2, -0.15) is 4.98 Å². The van der Waals surface area contributed by atoms with E-state index in [4.69, 9.17) is 5.84 Å². The molecule has 112 valence electrons. The Morgan fingerprint density at radius 3 is 2.52 bits per heavy atom. The summed E-state index contributed by atoms with van der Waals surface area (Å²) in [6.45, 7) is 6.26. The Morgan fingerprint density at radius 2 is 1.86 bits per heavy atom. The highest BCUT2D eigenvalue weighted by Gasteiger charge is 2.18. The van der Waals surface area contributed by atoms with Gasteiger partial charge in [0.25, 0.3) is 0 Å². The average molecular weight is 285 g/mol. The molecule has 0 atom stereocenters. The van der Waals surface area contributed by atoms with Gasteiger partial charge in [-0.05, 0) is 39.2 Å². The van der Waals surface area contributed by atoms with E-state index in [0.29, 0.717) is 5.95 Å². The number of anilines is 2. The molecule has 0 bridgehead atoms. The number of aromatic nitrogens is 2. The number of rotatable bonds is 6. The zero-order chi connectivity index (χ0) is 15.3. The van der Waals surface area contributed by atoms with E-state index < -0.39 is 0 Å². The molecule has 0 aliphatic rings. The maximum Gasteiger partial charge on any atom is 0.239 e. The van der Waals surface area contributed by atoms with Gasteiger partial charge in [0.05, 0.1) is 0 Å². The Kier molecular flexibility index (Phi) is 4.75. The van der Waals surface area contributed by atoms with Gasteiger partial charge in [-0.25, -0.2) is 10.8 Å². The second kappa shape index (κ2) is 6.54. The van der Waals surface area contributed by atoms with Crippen molar-refractivity contribution in [2.45, 2.75) is 39.2 Å². The molecule has 0 radical (unpaired) electrons. The lowest BCUT2D eigenvalue weighted by Gasteiger charge is -2.27. The predicted octanol–water partition coefficient (Wildman–Crippen LogP) is 2.89. The number of hydrogen-bond acceptors (Lipinski definition) is 5. The Morgan fingerprint density at radius 1 is 1.14 bits per heavy atom. The molecule has 0 fully saturated rings. The minimum atomic E-state index is -0.0670. The lowest BCUT2D eigenvalue weighted by Crippen LogP contribution is -2.32. The quantitative estimate of drug-likeness (QED) is 0.562. The van der Waals surface area contributed by atoms with Crippen molar-refractivity contribution in [1.82, 2.24) is 9.97 Å². The molecule has 0 aliphatic carbocycles. The van der Waals surface area contributed by atoms with Crippen LogP contribution < -0.4 is 16.6 Å². The van der Waals surface area contributed by atoms with Crippen LogP contribution in [0.15, 0.2) is 36.4 Å². The second-order valence-electron chi connectivity index (χ2n) is 5.86. The number of benzene rings is 1. The molecule has 5 heteroatoms. The van der Waals surface area contributed by atoms with Crippen molar-refractivity contribution in [1.29, 1.82) is 0 Å². The Labute approximate surface area is 126 Å². The largest absolute Gasteiger partial charge is 0.365 e. The maximum absolute atomic E-state index is 5.38. The highest BCUT2D eigenvalue weighted by atomic mass is 15.3. The fourth-order valence-electron chi connectivity index (χ4n) is 2.21. The van der Waals surface area contributed by atoms with Crippen LogP contribution in [0.25, 0.3) is 0 Å². The van der Waals surface area contributed by atoms with Crippen molar-refractivity contribution in [3.05, 3.63) is 47.7 Å². The van der Waals surface area contributed by atoms with E-state index >= 15 is 0 Å². The van der Waals surface area contributed by atoms with Crippen LogP contribution in [0.5, 0.6) is 0 Å². The van der Waals surface area contributed by atoms with Crippen molar-refractivity contribution in [2.75, 3.05) is 10.7 Å². The van der Waals surface area contributed by atoms with Crippen molar-refractivity contribution in [2.24, 2.45) is 5.84 Å². The van der Waals surface area contributed by atoms with E-state index in [2.05, 4.69) is 58.8 Å². The van der Waals surface area contributed by atoms with Gasteiger partial charge in [0.2, 0.25) is 5.95 Å². The van der Waals surface area contributed by atoms with Gasteiger partial charge >= 0.3 is 0 Å². The van der Waals surface area contributed by atoms with Gasteiger partial charge in [0.15, 0.2) is 0 Å². The summed E-state index contributed by atoms with van der Waals surface area (Å²) >= 11 is 0. The summed E-state index contributed by atoms with van der Waals surface area (Å²) in [5.74, 6) is 6.60. The molecule has 1 heterocycles. The monoisotopic (exact) mass is 285 g/mol. The standard InChI is InChI=1S/C16H23N5/c1-12-11-14(19-15(18-12)21-17)20-16(2,3)10-9-13-7-5-4-6-8-13/h4-8,11H,9-10,17H2,1-3H3,(H2,18,19,20,21). The third-order valence-electron chi connectivity index (χ3n) is 3.33. The highest BCUT2D eigenvalue weighted by molar-refractivity contribution is 5.43. The van der Waals surface area contributed by atoms with Crippen LogP contribution in [0, 0.1) is 6.92 Å². The predicted molar refractivity (Wildman–Crippen MR) is 87.0 cm³/mol. The van der Waals surface area contributed by atoms with Crippen LogP contribution in [0.1, 0.15) is 31.5 Å². The highest BCUT2D eigenvalue weighted by Crippen LogP contribution is 2.20. The molecule has 0 saturated carbocycles. The SMILES string of the molecule is Cc1cc(NC(C)(C)CCc2ccccc2)nc(NN)n1. The molecular formula is C16H23N5. The van der Waals surface area contributed by atoms with Gasteiger partial charge in [-0.15, -0.1) is 0 Å². The molecule has 2 rings (SSSR count). The van der Waals surface area contributed by atoms with Gasteiger partial charge < -0.3 is 5.32 Å². The molecule has 0 unspecified atom stereocenters. The summed E-state index contributed by atoms with van der Waals surface area (Å²) in [4.78, 5) is 8.52. The van der Waals surface area contributed by atoms with Crippen LogP contribution in [0.2, 0.25) is 0 Å². The lowest BCUT2D eigenvalue weighted by molar-refractivity contribution is 0.516. The average Bonchev–Trinajstić information content (AvgIpc) is 2.45. The Bertz CT molecular complexity index is 580. The molecule has 0 amide bonds. The molecule has 1 aromatic carbocycles. The van der Waals surface area contributed by atoms with Gasteiger partial charge in [0.1, 0.15) is 5.82 Å². The first-order valence-corrected chi connectivity index (χ1v) is 7.13. The minimum Gasteiger partial charge on any atom is -0.365 e. The number of hydrazine groups is 1. The summed E-state index contributed by atoms with van der Waals surface area (Å²) in [7, 11) is 0. The van der Waals surface area contributed by atoms with Crippen molar-refractivity contribution < 1.29 is 0 Å². The fraction of sp³-hybridized carbons (Fsp3) is 0.375. The minimum absolute atomic E-state index is 0.0670. The molecular weight excluding hydrogens is 262 g/mol. The first-order valence-electron chi connectivity index (χ1n) is 7.13. The van der Waals surface area contributed by atoms with E-state index in [1.54, 1.807) is 0 Å². The lowest BCUT2D eigenvalue weighted by atomic mass is 9.95. The van der Waals surface area contributed by atoms with Gasteiger partial charge in [0, 0.05) is 17.3 Å². The zero-order valence-corrected chi connectivity index (χ0v) is 12.9. The first kappa shape index (κ1) is 15.3. The van der Waals surface area contributed by atoms with E-state index in [1.807, 2.05) is 19.1 Å². The smallest absolute Gasteiger partial charge is 0.239 e. The number of nitrogens with one attached hydrogen (secondary N) is 2. The normalized spacial score (nSPS) is 11.2. The topological polar surface area (TPSA) is 75.9 Å². The van der Waals surface area contributed by atoms with Crippen molar-refractivity contribution in [3.8, 4) is 0 Å². The van der Waals surface area contributed by atoms with Crippen LogP contribution >= 0.6 is 0 Å². The van der Waals surface area contributed by atoms with Crippen molar-refractivity contribution in [3.63, 3.8) is 0 Å². The van der Waals surface area contributed by atoms with E-state index in [-0.39, 0.29) is 5.54 Å². The van der Waals surface area contributed by atoms with Gasteiger partial charge in [-0.3, -0.25) is 5.43 Å². The number of nitrogens with zero attached hydrogens (tertiary/aromatic N) is 2. The summed E-state index contributed by atoms with van der Waals surface area (Å²) in [6.07, 6.45) is 2.03. The van der Waals surface area contributed by atoms with E-state index in [0.717, 1.165) is 24.4 Å². The van der Waals surface area contributed by atoms with Crippen LogP contribution in [-0.2, 0) is 6.42 Å². The number of nitrogen functional groups attached to an aromatic ring is 1. The Hall–Kier alpha value is -2.14. The molecule has 5 nitrogen and oxygen atoms in total. The summed E-state index contributed by atoms with van der Waals surface area (Å²) in [5, 5.41) is 3.46. The maximum atomic E-state index is 5.38. The molecule has 4 N–H and O–H groups in total. The molecule has 0 spiro atoms. The van der Waals surface area contributed by atoms with Crippen LogP contribution in [0.3, 0.4) is 0 Å². The number of aryl methyl sites for hydroxylation is 2. The van der Waals surface area contributed by atoms with Crippen LogP contribution in [-0.4, -0.2) is 15.5 Å². The van der Waals surface area contributed by atoms with Crippen molar-refractivity contribution >= 4 is 11.8 Å². The third-order valence-corrected chi connectivity index (χ3v) is 3.33. The van der Waals surface area contributed by atoms with E-state index in [1.165, 1.54) is 5.56 Å². The van der Waals surface area contributed by atoms with E-state index in [9.17, 15) is 0 Å². The number of nitrogens with two attached hydrogens (primary N) is 1. The molecule has 2 aromatic rings. The zero-order valence-electron chi connectivity index (χ0n) is 12.9.